The second-order valence-electron chi connectivity index (χ2n) is 5.57. The Hall–Kier alpha value is -2.40. The number of esters is 1. The van der Waals surface area contributed by atoms with Gasteiger partial charge in [-0.05, 0) is 47.9 Å². The Kier molecular flexibility index (Phi) is 5.11. The van der Waals surface area contributed by atoms with Gasteiger partial charge in [0.1, 0.15) is 11.9 Å². The summed E-state index contributed by atoms with van der Waals surface area (Å²) < 4.78 is 10.8. The van der Waals surface area contributed by atoms with Crippen molar-refractivity contribution in [3.05, 3.63) is 58.5 Å². The third-order valence-electron chi connectivity index (χ3n) is 3.91. The molecule has 3 aromatic rings. The number of methoxy groups -OCH3 is 1. The van der Waals surface area contributed by atoms with Gasteiger partial charge >= 0.3 is 5.97 Å². The highest BCUT2D eigenvalue weighted by molar-refractivity contribution is 7.09. The maximum absolute atomic E-state index is 12.0. The monoisotopic (exact) mass is 341 g/mol. The van der Waals surface area contributed by atoms with E-state index in [-0.39, 0.29) is 12.1 Å². The lowest BCUT2D eigenvalue weighted by Gasteiger charge is -2.14. The zero-order chi connectivity index (χ0) is 16.9. The Morgan fingerprint density at radius 3 is 2.75 bits per heavy atom. The van der Waals surface area contributed by atoms with Gasteiger partial charge in [0.15, 0.2) is 0 Å². The highest BCUT2D eigenvalue weighted by atomic mass is 32.1. The van der Waals surface area contributed by atoms with Crippen molar-refractivity contribution in [1.29, 1.82) is 0 Å². The molecule has 4 nitrogen and oxygen atoms in total. The molecule has 0 saturated carbocycles. The quantitative estimate of drug-likeness (QED) is 0.618. The van der Waals surface area contributed by atoms with E-state index in [0.29, 0.717) is 12.8 Å². The first-order valence-electron chi connectivity index (χ1n) is 7.80. The summed E-state index contributed by atoms with van der Waals surface area (Å²) >= 11 is 1.56. The zero-order valence-electron chi connectivity index (χ0n) is 13.7. The van der Waals surface area contributed by atoms with Gasteiger partial charge in [0, 0.05) is 11.1 Å². The normalized spacial score (nSPS) is 12.1. The van der Waals surface area contributed by atoms with Gasteiger partial charge in [0.2, 0.25) is 0 Å². The molecule has 0 bridgehead atoms. The van der Waals surface area contributed by atoms with Crippen LogP contribution in [-0.2, 0) is 16.0 Å². The van der Waals surface area contributed by atoms with E-state index in [9.17, 15) is 4.79 Å². The number of nitrogens with zero attached hydrogens (tertiary/aromatic N) is 1. The first-order valence-corrected chi connectivity index (χ1v) is 8.68. The molecule has 0 aliphatic rings. The summed E-state index contributed by atoms with van der Waals surface area (Å²) in [4.78, 5) is 17.1. The second kappa shape index (κ2) is 7.45. The average molecular weight is 341 g/mol. The van der Waals surface area contributed by atoms with Crippen molar-refractivity contribution < 1.29 is 14.3 Å². The van der Waals surface area contributed by atoms with Gasteiger partial charge in [-0.15, -0.1) is 11.3 Å². The van der Waals surface area contributed by atoms with E-state index < -0.39 is 0 Å². The maximum atomic E-state index is 12.0. The fourth-order valence-corrected chi connectivity index (χ4v) is 3.14. The second-order valence-corrected chi connectivity index (χ2v) is 6.54. The number of aryl methyl sites for hydroxylation is 1. The van der Waals surface area contributed by atoms with Crippen LogP contribution in [0.4, 0.5) is 0 Å². The molecule has 1 atom stereocenters. The van der Waals surface area contributed by atoms with Crippen molar-refractivity contribution in [2.24, 2.45) is 0 Å². The third kappa shape index (κ3) is 3.92. The molecule has 0 N–H and O–H groups in total. The van der Waals surface area contributed by atoms with Crippen molar-refractivity contribution in [2.45, 2.75) is 25.9 Å². The molecule has 2 aromatic carbocycles. The Labute approximate surface area is 145 Å². The Bertz CT molecular complexity index is 830. The van der Waals surface area contributed by atoms with Crippen LogP contribution in [0, 0.1) is 0 Å². The summed E-state index contributed by atoms with van der Waals surface area (Å²) in [7, 11) is 1.66. The number of hydrogen-bond acceptors (Lipinski definition) is 5. The predicted octanol–water partition coefficient (Wildman–Crippen LogP) is 4.54. The highest BCUT2D eigenvalue weighted by Crippen LogP contribution is 2.26. The van der Waals surface area contributed by atoms with Gasteiger partial charge in [-0.25, -0.2) is 0 Å². The fourth-order valence-electron chi connectivity index (χ4n) is 2.54. The minimum atomic E-state index is -0.273. The standard InChI is InChI=1S/C19H19NO3S/c1-13(23-19(21)8-7-18-11-20-12-24-18)14-3-4-16-10-17(22-2)6-5-15(16)9-14/h3-6,9-13H,7-8H2,1-2H3. The number of aromatic nitrogens is 1. The summed E-state index contributed by atoms with van der Waals surface area (Å²) in [6, 6.07) is 12.0. The molecule has 1 aromatic heterocycles. The van der Waals surface area contributed by atoms with Crippen LogP contribution < -0.4 is 4.74 Å². The van der Waals surface area contributed by atoms with Gasteiger partial charge in [0.05, 0.1) is 19.0 Å². The molecule has 0 spiro atoms. The summed E-state index contributed by atoms with van der Waals surface area (Å²) in [5.74, 6) is 0.642. The molecular formula is C19H19NO3S. The fraction of sp³-hybridized carbons (Fsp3) is 0.263. The average Bonchev–Trinajstić information content (AvgIpc) is 3.12. The molecule has 0 saturated heterocycles. The van der Waals surface area contributed by atoms with E-state index in [1.54, 1.807) is 30.2 Å². The molecule has 24 heavy (non-hydrogen) atoms. The molecule has 0 fully saturated rings. The number of rotatable bonds is 6. The SMILES string of the molecule is COc1ccc2cc(C(C)OC(=O)CCc3cncs3)ccc2c1. The van der Waals surface area contributed by atoms with E-state index in [1.807, 2.05) is 37.3 Å². The van der Waals surface area contributed by atoms with Crippen molar-refractivity contribution in [2.75, 3.05) is 7.11 Å². The number of thiazole rings is 1. The topological polar surface area (TPSA) is 48.4 Å². The maximum Gasteiger partial charge on any atom is 0.306 e. The Morgan fingerprint density at radius 2 is 2.00 bits per heavy atom. The molecular weight excluding hydrogens is 322 g/mol. The van der Waals surface area contributed by atoms with Gasteiger partial charge in [0.25, 0.3) is 0 Å². The van der Waals surface area contributed by atoms with Gasteiger partial charge in [-0.1, -0.05) is 18.2 Å². The molecule has 0 aliphatic carbocycles. The Balaban J connectivity index is 1.64. The molecule has 0 radical (unpaired) electrons. The van der Waals surface area contributed by atoms with Crippen molar-refractivity contribution in [3.63, 3.8) is 0 Å². The molecule has 1 unspecified atom stereocenters. The van der Waals surface area contributed by atoms with E-state index >= 15 is 0 Å². The van der Waals surface area contributed by atoms with Crippen LogP contribution in [0.15, 0.2) is 48.1 Å². The largest absolute Gasteiger partial charge is 0.497 e. The van der Waals surface area contributed by atoms with Gasteiger partial charge in [-0.2, -0.15) is 0 Å². The summed E-state index contributed by atoms with van der Waals surface area (Å²) in [5.41, 5.74) is 2.76. The lowest BCUT2D eigenvalue weighted by atomic mass is 10.0. The van der Waals surface area contributed by atoms with Crippen LogP contribution >= 0.6 is 11.3 Å². The third-order valence-corrected chi connectivity index (χ3v) is 4.75. The lowest BCUT2D eigenvalue weighted by molar-refractivity contribution is -0.148. The van der Waals surface area contributed by atoms with Crippen LogP contribution in [0.1, 0.15) is 29.9 Å². The van der Waals surface area contributed by atoms with E-state index in [4.69, 9.17) is 9.47 Å². The molecule has 3 rings (SSSR count). The Morgan fingerprint density at radius 1 is 1.21 bits per heavy atom. The minimum Gasteiger partial charge on any atom is -0.497 e. The molecule has 124 valence electrons. The van der Waals surface area contributed by atoms with Crippen LogP contribution in [-0.4, -0.2) is 18.1 Å². The molecule has 0 aliphatic heterocycles. The first kappa shape index (κ1) is 16.5. The smallest absolute Gasteiger partial charge is 0.306 e. The lowest BCUT2D eigenvalue weighted by Crippen LogP contribution is -2.09. The van der Waals surface area contributed by atoms with Crippen LogP contribution in [0.25, 0.3) is 10.8 Å². The number of benzene rings is 2. The summed E-state index contributed by atoms with van der Waals surface area (Å²) in [5, 5.41) is 2.20. The number of fused-ring (bicyclic) bond motifs is 1. The van der Waals surface area contributed by atoms with Crippen molar-refractivity contribution in [3.8, 4) is 5.75 Å². The van der Waals surface area contributed by atoms with Crippen LogP contribution in [0.2, 0.25) is 0 Å². The summed E-state index contributed by atoms with van der Waals surface area (Å²) in [6.07, 6.45) is 2.56. The van der Waals surface area contributed by atoms with Crippen LogP contribution in [0.5, 0.6) is 5.75 Å². The number of carbonyl (C=O) groups is 1. The van der Waals surface area contributed by atoms with Crippen molar-refractivity contribution in [1.82, 2.24) is 4.98 Å². The van der Waals surface area contributed by atoms with Crippen LogP contribution in [0.3, 0.4) is 0 Å². The van der Waals surface area contributed by atoms with Gasteiger partial charge in [-0.3, -0.25) is 9.78 Å². The van der Waals surface area contributed by atoms with Gasteiger partial charge < -0.3 is 9.47 Å². The zero-order valence-corrected chi connectivity index (χ0v) is 14.5. The number of carbonyl (C=O) groups excluding carboxylic acids is 1. The van der Waals surface area contributed by atoms with E-state index in [1.165, 1.54) is 0 Å². The van der Waals surface area contributed by atoms with E-state index in [0.717, 1.165) is 27.0 Å². The minimum absolute atomic E-state index is 0.189. The summed E-state index contributed by atoms with van der Waals surface area (Å²) in [6.45, 7) is 1.90. The highest BCUT2D eigenvalue weighted by Gasteiger charge is 2.13. The molecule has 5 heteroatoms. The molecule has 1 heterocycles. The van der Waals surface area contributed by atoms with Crippen molar-refractivity contribution >= 4 is 28.1 Å². The first-order chi connectivity index (χ1) is 11.7. The molecule has 0 amide bonds. The van der Waals surface area contributed by atoms with E-state index in [2.05, 4.69) is 11.1 Å². The number of ether oxygens (including phenoxy) is 2. The predicted molar refractivity (Wildman–Crippen MR) is 95.4 cm³/mol. The number of hydrogen-bond donors (Lipinski definition) is 0.